The van der Waals surface area contributed by atoms with Gasteiger partial charge in [-0.15, -0.1) is 0 Å². The lowest BCUT2D eigenvalue weighted by Gasteiger charge is -2.32. The summed E-state index contributed by atoms with van der Waals surface area (Å²) < 4.78 is 7.55. The zero-order valence-electron chi connectivity index (χ0n) is 20.2. The second-order valence-corrected chi connectivity index (χ2v) is 8.75. The number of nitrogens with two attached hydrogens (primary N) is 1. The highest BCUT2D eigenvalue weighted by atomic mass is 16.5. The van der Waals surface area contributed by atoms with Gasteiger partial charge in [0, 0.05) is 25.7 Å². The second-order valence-electron chi connectivity index (χ2n) is 8.75. The van der Waals surface area contributed by atoms with Crippen LogP contribution in [0.25, 0.3) is 11.4 Å². The highest BCUT2D eigenvalue weighted by Crippen LogP contribution is 2.24. The largest absolute Gasteiger partial charge is 0.477 e. The van der Waals surface area contributed by atoms with E-state index in [1.807, 2.05) is 30.5 Å². The second kappa shape index (κ2) is 11.0. The van der Waals surface area contributed by atoms with Gasteiger partial charge in [-0.05, 0) is 44.8 Å². The monoisotopic (exact) mass is 473 g/mol. The van der Waals surface area contributed by atoms with E-state index in [0.29, 0.717) is 19.1 Å². The van der Waals surface area contributed by atoms with E-state index in [1.54, 1.807) is 6.92 Å². The van der Waals surface area contributed by atoms with Crippen LogP contribution in [-0.4, -0.2) is 51.6 Å². The van der Waals surface area contributed by atoms with Crippen LogP contribution in [0.3, 0.4) is 0 Å². The molecular formula is C26H31N7O2. The van der Waals surface area contributed by atoms with E-state index < -0.39 is 0 Å². The summed E-state index contributed by atoms with van der Waals surface area (Å²) in [5, 5.41) is 12.2. The number of carbonyl (C=O) groups excluding carboxylic acids is 1. The summed E-state index contributed by atoms with van der Waals surface area (Å²) in [4.78, 5) is 23.9. The zero-order chi connectivity index (χ0) is 24.8. The summed E-state index contributed by atoms with van der Waals surface area (Å²) in [5.74, 6) is 1.15. The molecule has 182 valence electrons. The Kier molecular flexibility index (Phi) is 7.63. The molecule has 35 heavy (non-hydrogen) atoms. The summed E-state index contributed by atoms with van der Waals surface area (Å²) >= 11 is 0. The predicted octanol–water partition coefficient (Wildman–Crippen LogP) is 2.98. The summed E-state index contributed by atoms with van der Waals surface area (Å²) in [6, 6.07) is 13.6. The average molecular weight is 474 g/mol. The fourth-order valence-corrected chi connectivity index (χ4v) is 4.36. The number of anilines is 1. The lowest BCUT2D eigenvalue weighted by molar-refractivity contribution is 0.0929. The molecule has 0 aliphatic carbocycles. The van der Waals surface area contributed by atoms with Gasteiger partial charge < -0.3 is 20.4 Å². The molecule has 1 aromatic carbocycles. The lowest BCUT2D eigenvalue weighted by atomic mass is 9.96. The molecule has 3 N–H and O–H groups in total. The quantitative estimate of drug-likeness (QED) is 0.516. The Bertz CT molecular complexity index is 1210. The van der Waals surface area contributed by atoms with Crippen LogP contribution in [0.1, 0.15) is 41.5 Å². The van der Waals surface area contributed by atoms with Gasteiger partial charge in [0.1, 0.15) is 23.2 Å². The van der Waals surface area contributed by atoms with Gasteiger partial charge in [0.25, 0.3) is 5.91 Å². The predicted molar refractivity (Wildman–Crippen MR) is 134 cm³/mol. The van der Waals surface area contributed by atoms with Crippen molar-refractivity contribution < 1.29 is 9.53 Å². The zero-order valence-corrected chi connectivity index (χ0v) is 20.2. The van der Waals surface area contributed by atoms with E-state index in [4.69, 9.17) is 10.5 Å². The Labute approximate surface area is 205 Å². The third-order valence-electron chi connectivity index (χ3n) is 6.40. The van der Waals surface area contributed by atoms with Crippen LogP contribution in [-0.2, 0) is 13.6 Å². The van der Waals surface area contributed by atoms with Gasteiger partial charge >= 0.3 is 0 Å². The van der Waals surface area contributed by atoms with Gasteiger partial charge in [-0.3, -0.25) is 9.69 Å². The third kappa shape index (κ3) is 5.61. The summed E-state index contributed by atoms with van der Waals surface area (Å²) in [5.41, 5.74) is 8.73. The molecule has 0 unspecified atom stereocenters. The summed E-state index contributed by atoms with van der Waals surface area (Å²) in [6.45, 7) is 5.46. The minimum atomic E-state index is -0.312. The third-order valence-corrected chi connectivity index (χ3v) is 6.40. The molecule has 3 aromatic rings. The molecule has 1 aliphatic rings. The molecule has 1 amide bonds. The highest BCUT2D eigenvalue weighted by Gasteiger charge is 2.22. The van der Waals surface area contributed by atoms with Crippen molar-refractivity contribution in [3.8, 4) is 23.3 Å². The number of carbonyl (C=O) groups is 1. The van der Waals surface area contributed by atoms with Gasteiger partial charge in [-0.1, -0.05) is 30.3 Å². The molecule has 0 atom stereocenters. The van der Waals surface area contributed by atoms with Crippen molar-refractivity contribution in [1.29, 1.82) is 5.26 Å². The number of pyridine rings is 1. The first-order chi connectivity index (χ1) is 17.0. The number of likely N-dealkylation sites (tertiary alicyclic amines) is 1. The fraction of sp³-hybridized carbons (Fsp3) is 0.385. The SMILES string of the molecule is CCOc1nc(C(=O)NCC2CCN(Cc3cnc(-c4ccccc4)n3C)CC2)cc(N)c1C#N. The maximum atomic E-state index is 12.7. The number of nitriles is 1. The molecular weight excluding hydrogens is 442 g/mol. The van der Waals surface area contributed by atoms with Crippen molar-refractivity contribution in [2.75, 3.05) is 32.0 Å². The summed E-state index contributed by atoms with van der Waals surface area (Å²) in [7, 11) is 2.06. The molecule has 3 heterocycles. The van der Waals surface area contributed by atoms with Gasteiger partial charge in [0.05, 0.1) is 24.2 Å². The van der Waals surface area contributed by atoms with E-state index in [1.165, 1.54) is 11.8 Å². The minimum Gasteiger partial charge on any atom is -0.477 e. The number of ether oxygens (including phenoxy) is 1. The number of amides is 1. The van der Waals surface area contributed by atoms with Crippen LogP contribution in [0.2, 0.25) is 0 Å². The molecule has 0 bridgehead atoms. The van der Waals surface area contributed by atoms with Gasteiger partial charge in [0.2, 0.25) is 5.88 Å². The number of hydrogen-bond acceptors (Lipinski definition) is 7. The van der Waals surface area contributed by atoms with Crippen molar-refractivity contribution in [1.82, 2.24) is 24.8 Å². The molecule has 4 rings (SSSR count). The van der Waals surface area contributed by atoms with Crippen LogP contribution in [0, 0.1) is 17.2 Å². The highest BCUT2D eigenvalue weighted by molar-refractivity contribution is 5.93. The maximum Gasteiger partial charge on any atom is 0.270 e. The van der Waals surface area contributed by atoms with Crippen LogP contribution in [0.5, 0.6) is 5.88 Å². The minimum absolute atomic E-state index is 0.0963. The molecule has 0 saturated carbocycles. The Balaban J connectivity index is 1.28. The Morgan fingerprint density at radius 1 is 1.29 bits per heavy atom. The Morgan fingerprint density at radius 3 is 2.71 bits per heavy atom. The van der Waals surface area contributed by atoms with Gasteiger partial charge in [0.15, 0.2) is 0 Å². The number of aromatic nitrogens is 3. The molecule has 1 aliphatic heterocycles. The number of rotatable bonds is 8. The van der Waals surface area contributed by atoms with Crippen LogP contribution in [0.4, 0.5) is 5.69 Å². The first-order valence-electron chi connectivity index (χ1n) is 11.9. The first-order valence-corrected chi connectivity index (χ1v) is 11.9. The summed E-state index contributed by atoms with van der Waals surface area (Å²) in [6.07, 6.45) is 3.95. The van der Waals surface area contributed by atoms with Crippen molar-refractivity contribution in [3.05, 3.63) is 59.5 Å². The molecule has 2 aromatic heterocycles. The number of nitrogen functional groups attached to an aromatic ring is 1. The molecule has 9 nitrogen and oxygen atoms in total. The molecule has 0 radical (unpaired) electrons. The van der Waals surface area contributed by atoms with Gasteiger partial charge in [-0.2, -0.15) is 5.26 Å². The number of nitrogens with one attached hydrogen (secondary N) is 1. The van der Waals surface area contributed by atoms with E-state index >= 15 is 0 Å². The van der Waals surface area contributed by atoms with E-state index in [9.17, 15) is 10.1 Å². The number of hydrogen-bond donors (Lipinski definition) is 2. The smallest absolute Gasteiger partial charge is 0.270 e. The average Bonchev–Trinajstić information content (AvgIpc) is 3.23. The van der Waals surface area contributed by atoms with Crippen LogP contribution in [0.15, 0.2) is 42.6 Å². The number of benzene rings is 1. The fourth-order valence-electron chi connectivity index (χ4n) is 4.36. The Morgan fingerprint density at radius 2 is 2.03 bits per heavy atom. The van der Waals surface area contributed by atoms with E-state index in [2.05, 4.69) is 43.9 Å². The normalized spacial score (nSPS) is 14.4. The van der Waals surface area contributed by atoms with Crippen LogP contribution < -0.4 is 15.8 Å². The number of piperidine rings is 1. The standard InChI is InChI=1S/C26H31N7O2/c1-3-35-26-21(14-27)22(28)13-23(31-26)25(34)30-15-18-9-11-33(12-10-18)17-20-16-29-24(32(20)2)19-7-5-4-6-8-19/h4-8,13,16,18H,3,9-12,15,17H2,1-2H3,(H2,28,31)(H,30,34). The van der Waals surface area contributed by atoms with Crippen molar-refractivity contribution in [2.45, 2.75) is 26.3 Å². The van der Waals surface area contributed by atoms with E-state index in [0.717, 1.165) is 43.9 Å². The van der Waals surface area contributed by atoms with E-state index in [-0.39, 0.29) is 28.7 Å². The van der Waals surface area contributed by atoms with Crippen LogP contribution >= 0.6 is 0 Å². The van der Waals surface area contributed by atoms with Crippen molar-refractivity contribution in [3.63, 3.8) is 0 Å². The molecule has 1 fully saturated rings. The Hall–Kier alpha value is -3.90. The maximum absolute atomic E-state index is 12.7. The lowest BCUT2D eigenvalue weighted by Crippen LogP contribution is -2.38. The van der Waals surface area contributed by atoms with Crippen molar-refractivity contribution in [2.24, 2.45) is 13.0 Å². The first kappa shape index (κ1) is 24.2. The van der Waals surface area contributed by atoms with Crippen molar-refractivity contribution >= 4 is 11.6 Å². The topological polar surface area (TPSA) is 122 Å². The molecule has 9 heteroatoms. The molecule has 0 spiro atoms. The number of imidazole rings is 1. The number of nitrogens with zero attached hydrogens (tertiary/aromatic N) is 5. The van der Waals surface area contributed by atoms with Gasteiger partial charge in [-0.25, -0.2) is 9.97 Å². The molecule has 1 saturated heterocycles.